The number of hydrogen-bond donors (Lipinski definition) is 1. The van der Waals surface area contributed by atoms with Crippen LogP contribution in [0.25, 0.3) is 0 Å². The molecule has 0 atom stereocenters. The molecule has 0 fully saturated rings. The molecule has 0 unspecified atom stereocenters. The van der Waals surface area contributed by atoms with Gasteiger partial charge in [-0.3, -0.25) is 0 Å². The molecule has 17 heavy (non-hydrogen) atoms. The summed E-state index contributed by atoms with van der Waals surface area (Å²) in [6.45, 7) is 5.81. The normalized spacial score (nSPS) is 11.1. The van der Waals surface area contributed by atoms with Crippen molar-refractivity contribution in [3.63, 3.8) is 0 Å². The molecule has 0 saturated heterocycles. The van der Waals surface area contributed by atoms with Crippen LogP contribution >= 0.6 is 0 Å². The van der Waals surface area contributed by atoms with E-state index in [0.29, 0.717) is 12.3 Å². The van der Waals surface area contributed by atoms with Crippen LogP contribution in [0.4, 0.5) is 0 Å². The fourth-order valence-corrected chi connectivity index (χ4v) is 1.28. The minimum absolute atomic E-state index is 0.0920. The van der Waals surface area contributed by atoms with E-state index in [0.717, 1.165) is 5.56 Å². The molecule has 0 spiro atoms. The standard InChI is InChI=1S/C13H19NO3/c1-13(2,3)17-12(15)9-16-11-6-4-5-10(7-11)8-14/h4-7H,8-9,14H2,1-3H3. The highest BCUT2D eigenvalue weighted by atomic mass is 16.6. The molecule has 0 aromatic heterocycles. The highest BCUT2D eigenvalue weighted by molar-refractivity contribution is 5.71. The van der Waals surface area contributed by atoms with Crippen molar-refractivity contribution in [1.29, 1.82) is 0 Å². The Morgan fingerprint density at radius 3 is 2.65 bits per heavy atom. The molecule has 4 heteroatoms. The minimum Gasteiger partial charge on any atom is -0.482 e. The number of hydrogen-bond acceptors (Lipinski definition) is 4. The van der Waals surface area contributed by atoms with Gasteiger partial charge in [0.15, 0.2) is 6.61 Å². The molecular weight excluding hydrogens is 218 g/mol. The summed E-state index contributed by atoms with van der Waals surface area (Å²) in [6, 6.07) is 7.33. The van der Waals surface area contributed by atoms with Gasteiger partial charge in [-0.2, -0.15) is 0 Å². The van der Waals surface area contributed by atoms with Crippen LogP contribution in [0, 0.1) is 0 Å². The van der Waals surface area contributed by atoms with Gasteiger partial charge in [0.25, 0.3) is 0 Å². The Bertz CT molecular complexity index is 382. The number of nitrogens with two attached hydrogens (primary N) is 1. The highest BCUT2D eigenvalue weighted by Crippen LogP contribution is 2.13. The van der Waals surface area contributed by atoms with Crippen molar-refractivity contribution in [2.24, 2.45) is 5.73 Å². The maximum Gasteiger partial charge on any atom is 0.344 e. The van der Waals surface area contributed by atoms with Gasteiger partial charge in [-0.05, 0) is 38.5 Å². The Morgan fingerprint density at radius 2 is 2.06 bits per heavy atom. The number of rotatable bonds is 4. The highest BCUT2D eigenvalue weighted by Gasteiger charge is 2.16. The second kappa shape index (κ2) is 5.68. The molecule has 0 radical (unpaired) electrons. The second-order valence-corrected chi connectivity index (χ2v) is 4.73. The first-order valence-electron chi connectivity index (χ1n) is 5.54. The van der Waals surface area contributed by atoms with Gasteiger partial charge in [0.2, 0.25) is 0 Å². The zero-order chi connectivity index (χ0) is 12.9. The van der Waals surface area contributed by atoms with Gasteiger partial charge in [0, 0.05) is 6.54 Å². The van der Waals surface area contributed by atoms with E-state index in [4.69, 9.17) is 15.2 Å². The fraction of sp³-hybridized carbons (Fsp3) is 0.462. The van der Waals surface area contributed by atoms with Gasteiger partial charge in [0.05, 0.1) is 0 Å². The molecule has 0 aliphatic carbocycles. The van der Waals surface area contributed by atoms with Crippen LogP contribution in [0.3, 0.4) is 0 Å². The van der Waals surface area contributed by atoms with Crippen molar-refractivity contribution in [2.75, 3.05) is 6.61 Å². The summed E-state index contributed by atoms with van der Waals surface area (Å²) in [5.74, 6) is 0.245. The predicted molar refractivity (Wildman–Crippen MR) is 65.7 cm³/mol. The third kappa shape index (κ3) is 5.36. The average molecular weight is 237 g/mol. The van der Waals surface area contributed by atoms with E-state index in [-0.39, 0.29) is 12.6 Å². The van der Waals surface area contributed by atoms with Gasteiger partial charge in [0.1, 0.15) is 11.4 Å². The predicted octanol–water partition coefficient (Wildman–Crippen LogP) is 1.87. The van der Waals surface area contributed by atoms with E-state index in [1.807, 2.05) is 39.0 Å². The molecule has 0 amide bonds. The lowest BCUT2D eigenvalue weighted by Crippen LogP contribution is -2.27. The van der Waals surface area contributed by atoms with Gasteiger partial charge < -0.3 is 15.2 Å². The van der Waals surface area contributed by atoms with E-state index in [1.54, 1.807) is 6.07 Å². The zero-order valence-corrected chi connectivity index (χ0v) is 10.5. The van der Waals surface area contributed by atoms with Crippen LogP contribution in [0.1, 0.15) is 26.3 Å². The minimum atomic E-state index is -0.487. The SMILES string of the molecule is CC(C)(C)OC(=O)COc1cccc(CN)c1. The maximum absolute atomic E-state index is 11.4. The number of benzene rings is 1. The van der Waals surface area contributed by atoms with Crippen molar-refractivity contribution in [3.05, 3.63) is 29.8 Å². The monoisotopic (exact) mass is 237 g/mol. The quantitative estimate of drug-likeness (QED) is 0.812. The number of carbonyl (C=O) groups excluding carboxylic acids is 1. The Hall–Kier alpha value is -1.55. The topological polar surface area (TPSA) is 61.5 Å². The number of esters is 1. The average Bonchev–Trinajstić information content (AvgIpc) is 2.24. The summed E-state index contributed by atoms with van der Waals surface area (Å²) in [5, 5.41) is 0. The summed E-state index contributed by atoms with van der Waals surface area (Å²) < 4.78 is 10.5. The van der Waals surface area contributed by atoms with Gasteiger partial charge in [-0.1, -0.05) is 12.1 Å². The van der Waals surface area contributed by atoms with Crippen molar-refractivity contribution < 1.29 is 14.3 Å². The summed E-state index contributed by atoms with van der Waals surface area (Å²) >= 11 is 0. The first-order chi connectivity index (χ1) is 7.90. The first kappa shape index (κ1) is 13.5. The Morgan fingerprint density at radius 1 is 1.35 bits per heavy atom. The van der Waals surface area contributed by atoms with E-state index in [2.05, 4.69) is 0 Å². The zero-order valence-electron chi connectivity index (χ0n) is 10.5. The van der Waals surface area contributed by atoms with Gasteiger partial charge >= 0.3 is 5.97 Å². The van der Waals surface area contributed by atoms with Gasteiger partial charge in [-0.25, -0.2) is 4.79 Å². The maximum atomic E-state index is 11.4. The van der Waals surface area contributed by atoms with Crippen molar-refractivity contribution in [1.82, 2.24) is 0 Å². The fourth-order valence-electron chi connectivity index (χ4n) is 1.28. The van der Waals surface area contributed by atoms with Crippen LogP contribution in [-0.2, 0) is 16.1 Å². The largest absolute Gasteiger partial charge is 0.482 e. The Labute approximate surface area is 102 Å². The molecule has 0 saturated carbocycles. The third-order valence-corrected chi connectivity index (χ3v) is 1.91. The second-order valence-electron chi connectivity index (χ2n) is 4.73. The molecule has 1 aromatic rings. The molecular formula is C13H19NO3. The van der Waals surface area contributed by atoms with Crippen molar-refractivity contribution in [2.45, 2.75) is 32.9 Å². The summed E-state index contributed by atoms with van der Waals surface area (Å²) in [5.41, 5.74) is 5.99. The molecule has 0 aliphatic rings. The summed E-state index contributed by atoms with van der Waals surface area (Å²) in [7, 11) is 0. The molecule has 2 N–H and O–H groups in total. The van der Waals surface area contributed by atoms with Crippen LogP contribution in [0.2, 0.25) is 0 Å². The lowest BCUT2D eigenvalue weighted by atomic mass is 10.2. The Balaban J connectivity index is 2.47. The van der Waals surface area contributed by atoms with Crippen LogP contribution in [-0.4, -0.2) is 18.2 Å². The molecule has 0 bridgehead atoms. The Kier molecular flexibility index (Phi) is 4.52. The summed E-state index contributed by atoms with van der Waals surface area (Å²) in [4.78, 5) is 11.4. The number of carbonyl (C=O) groups is 1. The van der Waals surface area contributed by atoms with Crippen LogP contribution < -0.4 is 10.5 Å². The summed E-state index contributed by atoms with van der Waals surface area (Å²) in [6.07, 6.45) is 0. The molecule has 94 valence electrons. The van der Waals surface area contributed by atoms with Crippen LogP contribution in [0.15, 0.2) is 24.3 Å². The van der Waals surface area contributed by atoms with Crippen molar-refractivity contribution >= 4 is 5.97 Å². The third-order valence-electron chi connectivity index (χ3n) is 1.91. The van der Waals surface area contributed by atoms with Crippen LogP contribution in [0.5, 0.6) is 5.75 Å². The molecule has 1 rings (SSSR count). The number of ether oxygens (including phenoxy) is 2. The lowest BCUT2D eigenvalue weighted by Gasteiger charge is -2.19. The van der Waals surface area contributed by atoms with E-state index >= 15 is 0 Å². The lowest BCUT2D eigenvalue weighted by molar-refractivity contribution is -0.157. The van der Waals surface area contributed by atoms with Gasteiger partial charge in [-0.15, -0.1) is 0 Å². The van der Waals surface area contributed by atoms with E-state index in [9.17, 15) is 4.79 Å². The molecule has 0 heterocycles. The van der Waals surface area contributed by atoms with E-state index in [1.165, 1.54) is 0 Å². The molecule has 4 nitrogen and oxygen atoms in total. The molecule has 0 aliphatic heterocycles. The van der Waals surface area contributed by atoms with Crippen molar-refractivity contribution in [3.8, 4) is 5.75 Å². The smallest absolute Gasteiger partial charge is 0.344 e. The van der Waals surface area contributed by atoms with E-state index < -0.39 is 5.60 Å². The first-order valence-corrected chi connectivity index (χ1v) is 5.54. The molecule has 1 aromatic carbocycles.